The van der Waals surface area contributed by atoms with E-state index >= 15 is 0 Å². The van der Waals surface area contributed by atoms with Crippen LogP contribution < -0.4 is 10.6 Å². The number of carbonyl (C=O) groups excluding carboxylic acids is 3. The zero-order chi connectivity index (χ0) is 20.5. The SMILES string of the molecule is O=C1CC(C(=O)N2C[C@H]3CC[C@]4(NC(=O)c5ccccc5N4)[C@H]3C2)C2(CCCC2)O1. The Morgan fingerprint density at radius 3 is 2.70 bits per heavy atom. The molecule has 1 unspecified atom stereocenters. The molecule has 5 aliphatic rings. The number of esters is 1. The summed E-state index contributed by atoms with van der Waals surface area (Å²) in [6, 6.07) is 7.59. The van der Waals surface area contributed by atoms with E-state index in [0.717, 1.165) is 44.2 Å². The fraction of sp³-hybridized carbons (Fsp3) is 0.609. The molecule has 1 aromatic carbocycles. The van der Waals surface area contributed by atoms with Gasteiger partial charge in [-0.2, -0.15) is 0 Å². The predicted molar refractivity (Wildman–Crippen MR) is 108 cm³/mol. The molecule has 0 bridgehead atoms. The van der Waals surface area contributed by atoms with E-state index in [1.807, 2.05) is 29.2 Å². The maximum absolute atomic E-state index is 13.5. The van der Waals surface area contributed by atoms with Crippen molar-refractivity contribution in [2.24, 2.45) is 17.8 Å². The van der Waals surface area contributed by atoms with E-state index in [1.165, 1.54) is 0 Å². The number of ether oxygens (including phenoxy) is 1. The average Bonchev–Trinajstić information content (AvgIpc) is 3.49. The van der Waals surface area contributed by atoms with Gasteiger partial charge in [0.1, 0.15) is 11.3 Å². The van der Waals surface area contributed by atoms with Gasteiger partial charge in [0.15, 0.2) is 0 Å². The summed E-state index contributed by atoms with van der Waals surface area (Å²) >= 11 is 0. The third-order valence-corrected chi connectivity index (χ3v) is 8.23. The quantitative estimate of drug-likeness (QED) is 0.695. The fourth-order valence-corrected chi connectivity index (χ4v) is 6.79. The Morgan fingerprint density at radius 2 is 1.87 bits per heavy atom. The zero-order valence-corrected chi connectivity index (χ0v) is 17.0. The third-order valence-electron chi connectivity index (χ3n) is 8.23. The molecule has 2 spiro atoms. The van der Waals surface area contributed by atoms with E-state index in [9.17, 15) is 14.4 Å². The Morgan fingerprint density at radius 1 is 1.07 bits per heavy atom. The van der Waals surface area contributed by atoms with Crippen LogP contribution in [0.3, 0.4) is 0 Å². The van der Waals surface area contributed by atoms with Gasteiger partial charge in [-0.25, -0.2) is 0 Å². The van der Waals surface area contributed by atoms with E-state index in [-0.39, 0.29) is 36.0 Å². The molecule has 2 amide bonds. The summed E-state index contributed by atoms with van der Waals surface area (Å²) in [5.41, 5.74) is 0.464. The van der Waals surface area contributed by atoms with Crippen molar-refractivity contribution in [3.05, 3.63) is 29.8 Å². The molecule has 0 radical (unpaired) electrons. The summed E-state index contributed by atoms with van der Waals surface area (Å²) in [6.07, 6.45) is 5.66. The summed E-state index contributed by atoms with van der Waals surface area (Å²) in [6.45, 7) is 1.31. The third kappa shape index (κ3) is 2.47. The molecule has 4 atom stereocenters. The van der Waals surface area contributed by atoms with Crippen LogP contribution in [-0.2, 0) is 14.3 Å². The van der Waals surface area contributed by atoms with Crippen molar-refractivity contribution in [3.63, 3.8) is 0 Å². The molecule has 2 saturated heterocycles. The molecule has 0 aromatic heterocycles. The number of fused-ring (bicyclic) bond motifs is 3. The molecule has 7 heteroatoms. The summed E-state index contributed by atoms with van der Waals surface area (Å²) < 4.78 is 5.70. The summed E-state index contributed by atoms with van der Waals surface area (Å²) in [7, 11) is 0. The number of carbonyl (C=O) groups is 3. The van der Waals surface area contributed by atoms with Gasteiger partial charge in [0, 0.05) is 24.7 Å². The Hall–Kier alpha value is -2.57. The highest BCUT2D eigenvalue weighted by Gasteiger charge is 2.59. The lowest BCUT2D eigenvalue weighted by atomic mass is 9.84. The second-order valence-corrected chi connectivity index (χ2v) is 9.75. The van der Waals surface area contributed by atoms with Crippen LogP contribution in [0.2, 0.25) is 0 Å². The fourth-order valence-electron chi connectivity index (χ4n) is 6.79. The number of hydrogen-bond donors (Lipinski definition) is 2. The molecular weight excluding hydrogens is 382 g/mol. The maximum Gasteiger partial charge on any atom is 0.307 e. The van der Waals surface area contributed by atoms with Crippen LogP contribution in [0.4, 0.5) is 5.69 Å². The highest BCUT2D eigenvalue weighted by Crippen LogP contribution is 2.50. The summed E-state index contributed by atoms with van der Waals surface area (Å²) in [5, 5.41) is 6.85. The molecule has 3 heterocycles. The van der Waals surface area contributed by atoms with Gasteiger partial charge in [-0.05, 0) is 56.6 Å². The number of anilines is 1. The predicted octanol–water partition coefficient (Wildman–Crippen LogP) is 2.28. The van der Waals surface area contributed by atoms with Gasteiger partial charge in [-0.15, -0.1) is 0 Å². The maximum atomic E-state index is 13.5. The molecule has 4 fully saturated rings. The van der Waals surface area contributed by atoms with Crippen LogP contribution in [0.5, 0.6) is 0 Å². The van der Waals surface area contributed by atoms with Gasteiger partial charge in [0.25, 0.3) is 5.91 Å². The van der Waals surface area contributed by atoms with Crippen LogP contribution in [0, 0.1) is 17.8 Å². The van der Waals surface area contributed by atoms with Crippen molar-refractivity contribution in [1.29, 1.82) is 0 Å². The Kier molecular flexibility index (Phi) is 3.78. The van der Waals surface area contributed by atoms with Gasteiger partial charge >= 0.3 is 5.97 Å². The van der Waals surface area contributed by atoms with Gasteiger partial charge in [0.05, 0.1) is 17.9 Å². The molecule has 7 nitrogen and oxygen atoms in total. The monoisotopic (exact) mass is 409 g/mol. The minimum absolute atomic E-state index is 0.0468. The van der Waals surface area contributed by atoms with E-state index in [4.69, 9.17) is 4.74 Å². The van der Waals surface area contributed by atoms with E-state index in [2.05, 4.69) is 10.6 Å². The highest BCUT2D eigenvalue weighted by atomic mass is 16.6. The van der Waals surface area contributed by atoms with Crippen molar-refractivity contribution in [3.8, 4) is 0 Å². The standard InChI is InChI=1S/C23H27N3O4/c27-19-11-16(22(30-19)8-3-4-9-22)21(29)26-12-14-7-10-23(17(14)13-26)24-18-6-2-1-5-15(18)20(28)25-23/h1-2,5-6,14,16-17,24H,3-4,7-13H2,(H,25,28)/t14-,16?,17+,23+/m1/s1. The van der Waals surface area contributed by atoms with Crippen molar-refractivity contribution in [2.75, 3.05) is 18.4 Å². The van der Waals surface area contributed by atoms with Crippen LogP contribution in [0.15, 0.2) is 24.3 Å². The molecule has 3 aliphatic heterocycles. The smallest absolute Gasteiger partial charge is 0.307 e. The van der Waals surface area contributed by atoms with Gasteiger partial charge < -0.3 is 20.3 Å². The molecule has 2 saturated carbocycles. The number of benzene rings is 1. The Balaban J connectivity index is 1.24. The van der Waals surface area contributed by atoms with Crippen molar-refractivity contribution < 1.29 is 19.1 Å². The van der Waals surface area contributed by atoms with Gasteiger partial charge in [0.2, 0.25) is 5.91 Å². The molecule has 2 N–H and O–H groups in total. The van der Waals surface area contributed by atoms with Crippen LogP contribution in [-0.4, -0.2) is 47.0 Å². The topological polar surface area (TPSA) is 87.7 Å². The van der Waals surface area contributed by atoms with Gasteiger partial charge in [-0.1, -0.05) is 12.1 Å². The van der Waals surface area contributed by atoms with E-state index in [1.54, 1.807) is 0 Å². The molecule has 2 aliphatic carbocycles. The second kappa shape index (κ2) is 6.22. The number of para-hydroxylation sites is 1. The van der Waals surface area contributed by atoms with Crippen molar-refractivity contribution in [1.82, 2.24) is 10.2 Å². The van der Waals surface area contributed by atoms with Crippen LogP contribution in [0.1, 0.15) is 55.3 Å². The number of amides is 2. The lowest BCUT2D eigenvalue weighted by Crippen LogP contribution is -2.61. The Labute approximate surface area is 175 Å². The first-order valence-corrected chi connectivity index (χ1v) is 11.2. The second-order valence-electron chi connectivity index (χ2n) is 9.75. The lowest BCUT2D eigenvalue weighted by Gasteiger charge is -2.42. The number of nitrogens with zero attached hydrogens (tertiary/aromatic N) is 1. The molecule has 30 heavy (non-hydrogen) atoms. The first-order valence-electron chi connectivity index (χ1n) is 11.2. The van der Waals surface area contributed by atoms with Crippen LogP contribution in [0.25, 0.3) is 0 Å². The van der Waals surface area contributed by atoms with Crippen molar-refractivity contribution in [2.45, 2.75) is 56.2 Å². The normalized spacial score (nSPS) is 35.9. The molecule has 6 rings (SSSR count). The average molecular weight is 409 g/mol. The molecule has 158 valence electrons. The van der Waals surface area contributed by atoms with Crippen LogP contribution >= 0.6 is 0 Å². The first kappa shape index (κ1) is 18.2. The minimum atomic E-state index is -0.570. The number of rotatable bonds is 1. The van der Waals surface area contributed by atoms with Gasteiger partial charge in [-0.3, -0.25) is 14.4 Å². The number of hydrogen-bond acceptors (Lipinski definition) is 5. The minimum Gasteiger partial charge on any atom is -0.458 e. The highest BCUT2D eigenvalue weighted by molar-refractivity contribution is 6.02. The number of nitrogens with one attached hydrogen (secondary N) is 2. The summed E-state index contributed by atoms with van der Waals surface area (Å²) in [4.78, 5) is 40.3. The van der Waals surface area contributed by atoms with E-state index < -0.39 is 11.3 Å². The number of likely N-dealkylation sites (tertiary alicyclic amines) is 1. The lowest BCUT2D eigenvalue weighted by molar-refractivity contribution is -0.151. The van der Waals surface area contributed by atoms with E-state index in [0.29, 0.717) is 24.6 Å². The van der Waals surface area contributed by atoms with Crippen molar-refractivity contribution >= 4 is 23.5 Å². The zero-order valence-electron chi connectivity index (χ0n) is 17.0. The summed E-state index contributed by atoms with van der Waals surface area (Å²) in [5.74, 6) is -0.0500. The molecular formula is C23H27N3O4. The first-order chi connectivity index (χ1) is 14.5. The Bertz CT molecular complexity index is 940. The molecule has 1 aromatic rings. The largest absolute Gasteiger partial charge is 0.458 e.